The average Bonchev–Trinajstić information content (AvgIpc) is 2.88. The number of benzene rings is 1. The number of carbonyl (C=O) groups is 2. The predicted molar refractivity (Wildman–Crippen MR) is 112 cm³/mol. The van der Waals surface area contributed by atoms with Crippen molar-refractivity contribution in [2.45, 2.75) is 44.6 Å². The summed E-state index contributed by atoms with van der Waals surface area (Å²) in [4.78, 5) is 35.1. The first kappa shape index (κ1) is 18.3. The van der Waals surface area contributed by atoms with Gasteiger partial charge in [-0.05, 0) is 69.0 Å². The molecule has 0 saturated carbocycles. The first-order valence-corrected chi connectivity index (χ1v) is 10.6. The minimum atomic E-state index is -0.230. The van der Waals surface area contributed by atoms with Gasteiger partial charge >= 0.3 is 0 Å². The van der Waals surface area contributed by atoms with Crippen molar-refractivity contribution < 1.29 is 9.59 Å². The van der Waals surface area contributed by atoms with Crippen LogP contribution in [0.4, 0.5) is 17.2 Å². The largest absolute Gasteiger partial charge is 0.320 e. The molecular weight excluding hydrogens is 364 g/mol. The zero-order valence-electron chi connectivity index (χ0n) is 16.5. The number of amides is 2. The van der Waals surface area contributed by atoms with E-state index in [4.69, 9.17) is 0 Å². The van der Waals surface area contributed by atoms with Crippen molar-refractivity contribution in [2.75, 3.05) is 23.3 Å². The normalized spacial score (nSPS) is 24.0. The molecule has 2 atom stereocenters. The van der Waals surface area contributed by atoms with Crippen LogP contribution in [0.15, 0.2) is 42.6 Å². The van der Waals surface area contributed by atoms with Gasteiger partial charge in [-0.3, -0.25) is 14.5 Å². The summed E-state index contributed by atoms with van der Waals surface area (Å²) in [7, 11) is 0. The molecule has 0 radical (unpaired) electrons. The molecule has 150 valence electrons. The molecule has 2 fully saturated rings. The Kier molecular flexibility index (Phi) is 4.79. The molecule has 2 saturated heterocycles. The maximum atomic E-state index is 13.7. The first-order valence-electron chi connectivity index (χ1n) is 10.6. The van der Waals surface area contributed by atoms with Crippen molar-refractivity contribution in [3.63, 3.8) is 0 Å². The molecule has 2 amide bonds. The van der Waals surface area contributed by atoms with E-state index in [-0.39, 0.29) is 11.8 Å². The van der Waals surface area contributed by atoms with Gasteiger partial charge in [-0.25, -0.2) is 4.98 Å². The number of carbonyl (C=O) groups excluding carboxylic acids is 2. The van der Waals surface area contributed by atoms with Crippen molar-refractivity contribution in [3.05, 3.63) is 48.2 Å². The maximum absolute atomic E-state index is 13.7. The topological polar surface area (TPSA) is 65.5 Å². The molecular formula is C23H26N4O2. The number of pyridine rings is 1. The molecule has 6 heteroatoms. The summed E-state index contributed by atoms with van der Waals surface area (Å²) < 4.78 is 0. The van der Waals surface area contributed by atoms with E-state index in [1.54, 1.807) is 23.2 Å². The lowest BCUT2D eigenvalue weighted by Gasteiger charge is -2.44. The fraction of sp³-hybridized carbons (Fsp3) is 0.435. The van der Waals surface area contributed by atoms with Crippen LogP contribution in [0.2, 0.25) is 0 Å². The number of hydrogen-bond acceptors (Lipinski definition) is 4. The monoisotopic (exact) mass is 390 g/mol. The third kappa shape index (κ3) is 3.31. The fourth-order valence-electron chi connectivity index (χ4n) is 5.21. The molecule has 4 heterocycles. The number of nitrogens with one attached hydrogen (secondary N) is 1. The summed E-state index contributed by atoms with van der Waals surface area (Å²) in [6.07, 6.45) is 8.07. The van der Waals surface area contributed by atoms with Crippen LogP contribution in [0, 0.1) is 5.92 Å². The number of nitrogens with zero attached hydrogens (tertiary/aromatic N) is 3. The summed E-state index contributed by atoms with van der Waals surface area (Å²) in [5, 5.41) is 2.93. The van der Waals surface area contributed by atoms with Crippen molar-refractivity contribution in [1.82, 2.24) is 9.88 Å². The Balaban J connectivity index is 1.50. The van der Waals surface area contributed by atoms with Gasteiger partial charge in [0, 0.05) is 18.7 Å². The summed E-state index contributed by atoms with van der Waals surface area (Å²) in [6, 6.07) is 11.4. The molecule has 0 bridgehead atoms. The fourth-order valence-corrected chi connectivity index (χ4v) is 5.21. The highest BCUT2D eigenvalue weighted by Crippen LogP contribution is 2.39. The lowest BCUT2D eigenvalue weighted by atomic mass is 9.81. The summed E-state index contributed by atoms with van der Waals surface area (Å²) >= 11 is 0. The van der Waals surface area contributed by atoms with E-state index in [0.29, 0.717) is 41.1 Å². The Labute approximate surface area is 170 Å². The predicted octanol–water partition coefficient (Wildman–Crippen LogP) is 3.97. The second-order valence-corrected chi connectivity index (χ2v) is 8.28. The molecule has 29 heavy (non-hydrogen) atoms. The Morgan fingerprint density at radius 1 is 1.07 bits per heavy atom. The van der Waals surface area contributed by atoms with E-state index < -0.39 is 0 Å². The second-order valence-electron chi connectivity index (χ2n) is 8.28. The zero-order valence-corrected chi connectivity index (χ0v) is 16.5. The van der Waals surface area contributed by atoms with E-state index in [1.807, 2.05) is 24.3 Å². The summed E-state index contributed by atoms with van der Waals surface area (Å²) in [6.45, 7) is 2.31. The number of anilines is 3. The van der Waals surface area contributed by atoms with E-state index >= 15 is 0 Å². The molecule has 5 rings (SSSR count). The van der Waals surface area contributed by atoms with Crippen molar-refractivity contribution >= 4 is 29.0 Å². The molecule has 6 nitrogen and oxygen atoms in total. The minimum absolute atomic E-state index is 0.0197. The number of hydrogen-bond donors (Lipinski definition) is 1. The number of piperidine rings is 2. The van der Waals surface area contributed by atoms with Gasteiger partial charge < -0.3 is 10.2 Å². The molecule has 2 aromatic rings. The number of aromatic nitrogens is 1. The lowest BCUT2D eigenvalue weighted by Crippen LogP contribution is -2.49. The highest BCUT2D eigenvalue weighted by molar-refractivity contribution is 6.16. The molecule has 1 aromatic carbocycles. The molecule has 3 aliphatic heterocycles. The Morgan fingerprint density at radius 2 is 1.93 bits per heavy atom. The third-order valence-corrected chi connectivity index (χ3v) is 6.55. The van der Waals surface area contributed by atoms with E-state index in [1.165, 1.54) is 19.3 Å². The van der Waals surface area contributed by atoms with Gasteiger partial charge in [0.15, 0.2) is 5.82 Å². The van der Waals surface area contributed by atoms with E-state index in [2.05, 4.69) is 15.2 Å². The van der Waals surface area contributed by atoms with Gasteiger partial charge in [-0.15, -0.1) is 0 Å². The van der Waals surface area contributed by atoms with Gasteiger partial charge in [0.25, 0.3) is 5.91 Å². The second kappa shape index (κ2) is 7.59. The van der Waals surface area contributed by atoms with E-state index in [9.17, 15) is 9.59 Å². The van der Waals surface area contributed by atoms with Crippen LogP contribution in [0.5, 0.6) is 0 Å². The Hall–Kier alpha value is -2.73. The van der Waals surface area contributed by atoms with Crippen LogP contribution in [0.3, 0.4) is 0 Å². The number of fused-ring (bicyclic) bond motifs is 3. The number of rotatable bonds is 2. The van der Waals surface area contributed by atoms with Crippen molar-refractivity contribution in [1.29, 1.82) is 0 Å². The Morgan fingerprint density at radius 3 is 2.86 bits per heavy atom. The summed E-state index contributed by atoms with van der Waals surface area (Å²) in [5.74, 6) is 0.581. The van der Waals surface area contributed by atoms with Crippen LogP contribution < -0.4 is 10.2 Å². The van der Waals surface area contributed by atoms with Crippen LogP contribution in [-0.4, -0.2) is 40.8 Å². The molecule has 1 N–H and O–H groups in total. The van der Waals surface area contributed by atoms with Crippen LogP contribution >= 0.6 is 0 Å². The molecule has 3 aliphatic rings. The minimum Gasteiger partial charge on any atom is -0.320 e. The van der Waals surface area contributed by atoms with Crippen LogP contribution in [-0.2, 0) is 4.79 Å². The Bertz CT molecular complexity index is 942. The molecule has 0 aliphatic carbocycles. The van der Waals surface area contributed by atoms with Gasteiger partial charge in [-0.2, -0.15) is 0 Å². The smallest absolute Gasteiger partial charge is 0.259 e. The number of para-hydroxylation sites is 2. The highest BCUT2D eigenvalue weighted by Gasteiger charge is 2.37. The third-order valence-electron chi connectivity index (χ3n) is 6.55. The maximum Gasteiger partial charge on any atom is 0.259 e. The van der Waals surface area contributed by atoms with Gasteiger partial charge in [-0.1, -0.05) is 18.6 Å². The summed E-state index contributed by atoms with van der Waals surface area (Å²) in [5.41, 5.74) is 1.77. The van der Waals surface area contributed by atoms with Gasteiger partial charge in [0.1, 0.15) is 0 Å². The molecule has 0 spiro atoms. The van der Waals surface area contributed by atoms with Gasteiger partial charge in [0.05, 0.1) is 16.9 Å². The standard InChI is InChI=1S/C23H26N4O2/c28-21(15-16-7-6-14-26-13-4-3-10-19(16)26)27-20-11-2-1-9-18(20)25-23(29)17-8-5-12-24-22(17)27/h1-2,5,8-9,11-12,16,19H,3-4,6-7,10,13-15H2,(H,25,29)/t16-,19+/m0/s1. The first-order chi connectivity index (χ1) is 14.2. The molecule has 0 unspecified atom stereocenters. The van der Waals surface area contributed by atoms with Crippen LogP contribution in [0.1, 0.15) is 48.9 Å². The lowest BCUT2D eigenvalue weighted by molar-refractivity contribution is -0.120. The zero-order chi connectivity index (χ0) is 19.8. The van der Waals surface area contributed by atoms with Gasteiger partial charge in [0.2, 0.25) is 5.91 Å². The van der Waals surface area contributed by atoms with Crippen molar-refractivity contribution in [2.24, 2.45) is 5.92 Å². The highest BCUT2D eigenvalue weighted by atomic mass is 16.2. The molecule has 1 aromatic heterocycles. The quantitative estimate of drug-likeness (QED) is 0.843. The van der Waals surface area contributed by atoms with Crippen molar-refractivity contribution in [3.8, 4) is 0 Å². The van der Waals surface area contributed by atoms with E-state index in [0.717, 1.165) is 25.9 Å². The SMILES string of the molecule is O=C1Nc2ccccc2N(C(=O)C[C@@H]2CCCN3CCCC[C@H]23)c2ncccc21. The van der Waals surface area contributed by atoms with Crippen LogP contribution in [0.25, 0.3) is 0 Å². The average molecular weight is 390 g/mol.